The van der Waals surface area contributed by atoms with Gasteiger partial charge in [0.1, 0.15) is 5.82 Å². The van der Waals surface area contributed by atoms with E-state index in [1.807, 2.05) is 38.1 Å². The molecule has 1 aliphatic heterocycles. The van der Waals surface area contributed by atoms with Gasteiger partial charge in [0.15, 0.2) is 6.29 Å². The Morgan fingerprint density at radius 1 is 1.29 bits per heavy atom. The number of nitrogens with zero attached hydrogens (tertiary/aromatic N) is 2. The van der Waals surface area contributed by atoms with Gasteiger partial charge in [-0.2, -0.15) is 5.10 Å². The van der Waals surface area contributed by atoms with Crippen LogP contribution >= 0.6 is 0 Å². The zero-order chi connectivity index (χ0) is 20.5. The Kier molecular flexibility index (Phi) is 5.56. The highest BCUT2D eigenvalue weighted by atomic mass is 16.2. The van der Waals surface area contributed by atoms with E-state index in [9.17, 15) is 9.59 Å². The van der Waals surface area contributed by atoms with Gasteiger partial charge in [-0.05, 0) is 36.5 Å². The SMILES string of the molecule is CCC1CC(=O)NC(n2nc(C)cc2NC(=O)c2ccc(C(C)(C)C)cc2)N1. The Bertz CT molecular complexity index is 864. The molecule has 1 aromatic carbocycles. The number of hydrogen-bond acceptors (Lipinski definition) is 4. The first-order valence-electron chi connectivity index (χ1n) is 9.71. The standard InChI is InChI=1S/C21H29N5O2/c1-6-16-12-18(27)24-20(22-16)26-17(11-13(2)25-26)23-19(28)14-7-9-15(10-8-14)21(3,4)5/h7-11,16,20,22H,6,12H2,1-5H3,(H,23,28)(H,24,27). The number of nitrogens with one attached hydrogen (secondary N) is 3. The lowest BCUT2D eigenvalue weighted by atomic mass is 9.87. The van der Waals surface area contributed by atoms with Gasteiger partial charge in [0.2, 0.25) is 5.91 Å². The number of aryl methyl sites for hydroxylation is 1. The Labute approximate surface area is 165 Å². The Morgan fingerprint density at radius 3 is 2.57 bits per heavy atom. The van der Waals surface area contributed by atoms with Gasteiger partial charge in [0.05, 0.1) is 5.69 Å². The van der Waals surface area contributed by atoms with Crippen molar-refractivity contribution >= 4 is 17.6 Å². The van der Waals surface area contributed by atoms with Crippen LogP contribution in [0.3, 0.4) is 0 Å². The van der Waals surface area contributed by atoms with E-state index in [2.05, 4.69) is 41.8 Å². The Hall–Kier alpha value is -2.67. The maximum Gasteiger partial charge on any atom is 0.256 e. The van der Waals surface area contributed by atoms with E-state index in [0.717, 1.165) is 12.1 Å². The van der Waals surface area contributed by atoms with Crippen molar-refractivity contribution in [3.8, 4) is 0 Å². The monoisotopic (exact) mass is 383 g/mol. The van der Waals surface area contributed by atoms with Crippen LogP contribution in [0.1, 0.15) is 68.4 Å². The van der Waals surface area contributed by atoms with Crippen LogP contribution in [-0.4, -0.2) is 27.6 Å². The number of rotatable bonds is 4. The van der Waals surface area contributed by atoms with E-state index in [0.29, 0.717) is 17.8 Å². The van der Waals surface area contributed by atoms with Crippen LogP contribution in [-0.2, 0) is 10.2 Å². The number of anilines is 1. The lowest BCUT2D eigenvalue weighted by Crippen LogP contribution is -2.53. The minimum Gasteiger partial charge on any atom is -0.322 e. The molecular weight excluding hydrogens is 354 g/mol. The average molecular weight is 383 g/mol. The smallest absolute Gasteiger partial charge is 0.256 e. The molecule has 1 saturated heterocycles. The molecule has 2 heterocycles. The van der Waals surface area contributed by atoms with Gasteiger partial charge in [-0.15, -0.1) is 0 Å². The molecule has 0 bridgehead atoms. The molecule has 7 nitrogen and oxygen atoms in total. The zero-order valence-electron chi connectivity index (χ0n) is 17.2. The van der Waals surface area contributed by atoms with Crippen LogP contribution in [0.15, 0.2) is 30.3 Å². The third-order valence-corrected chi connectivity index (χ3v) is 4.97. The van der Waals surface area contributed by atoms with Crippen LogP contribution in [0.5, 0.6) is 0 Å². The van der Waals surface area contributed by atoms with Crippen molar-refractivity contribution in [2.75, 3.05) is 5.32 Å². The van der Waals surface area contributed by atoms with Crippen LogP contribution in [0.25, 0.3) is 0 Å². The summed E-state index contributed by atoms with van der Waals surface area (Å²) in [7, 11) is 0. The van der Waals surface area contributed by atoms with E-state index in [1.54, 1.807) is 10.7 Å². The molecule has 2 aromatic rings. The number of hydrogen-bond donors (Lipinski definition) is 3. The summed E-state index contributed by atoms with van der Waals surface area (Å²) in [6.45, 7) is 10.3. The van der Waals surface area contributed by atoms with E-state index in [1.165, 1.54) is 5.56 Å². The largest absolute Gasteiger partial charge is 0.322 e. The van der Waals surface area contributed by atoms with Gasteiger partial charge in [0, 0.05) is 24.1 Å². The molecule has 2 amide bonds. The molecule has 0 radical (unpaired) electrons. The average Bonchev–Trinajstić information content (AvgIpc) is 3.00. The minimum absolute atomic E-state index is 0.0289. The fourth-order valence-electron chi connectivity index (χ4n) is 3.27. The maximum absolute atomic E-state index is 12.7. The molecule has 1 fully saturated rings. The summed E-state index contributed by atoms with van der Waals surface area (Å²) in [6.07, 6.45) is 0.791. The summed E-state index contributed by atoms with van der Waals surface area (Å²) in [6, 6.07) is 9.49. The molecule has 0 saturated carbocycles. The van der Waals surface area contributed by atoms with Crippen LogP contribution < -0.4 is 16.0 Å². The molecule has 3 N–H and O–H groups in total. The number of carbonyl (C=O) groups is 2. The van der Waals surface area contributed by atoms with Crippen LogP contribution in [0.2, 0.25) is 0 Å². The Morgan fingerprint density at radius 2 is 1.96 bits per heavy atom. The van der Waals surface area contributed by atoms with Crippen molar-refractivity contribution in [1.82, 2.24) is 20.4 Å². The molecule has 7 heteroatoms. The molecule has 150 valence electrons. The highest BCUT2D eigenvalue weighted by Gasteiger charge is 2.28. The maximum atomic E-state index is 12.7. The second kappa shape index (κ2) is 7.75. The van der Waals surface area contributed by atoms with E-state index < -0.39 is 6.29 Å². The number of carbonyl (C=O) groups excluding carboxylic acids is 2. The first kappa shape index (κ1) is 20.1. The zero-order valence-corrected chi connectivity index (χ0v) is 17.2. The molecule has 0 aliphatic carbocycles. The third-order valence-electron chi connectivity index (χ3n) is 4.97. The van der Waals surface area contributed by atoms with Gasteiger partial charge >= 0.3 is 0 Å². The van der Waals surface area contributed by atoms with Crippen molar-refractivity contribution in [2.45, 2.75) is 65.2 Å². The fourth-order valence-corrected chi connectivity index (χ4v) is 3.27. The molecular formula is C21H29N5O2. The van der Waals surface area contributed by atoms with Crippen molar-refractivity contribution in [3.05, 3.63) is 47.2 Å². The molecule has 28 heavy (non-hydrogen) atoms. The van der Waals surface area contributed by atoms with Gasteiger partial charge < -0.3 is 10.6 Å². The summed E-state index contributed by atoms with van der Waals surface area (Å²) >= 11 is 0. The normalized spacial score (nSPS) is 20.0. The molecule has 1 aliphatic rings. The lowest BCUT2D eigenvalue weighted by Gasteiger charge is -2.31. The summed E-state index contributed by atoms with van der Waals surface area (Å²) in [4.78, 5) is 24.8. The summed E-state index contributed by atoms with van der Waals surface area (Å²) in [5.74, 6) is 0.298. The molecule has 3 rings (SSSR count). The molecule has 0 spiro atoms. The lowest BCUT2D eigenvalue weighted by molar-refractivity contribution is -0.125. The van der Waals surface area contributed by atoms with Crippen molar-refractivity contribution in [2.24, 2.45) is 0 Å². The van der Waals surface area contributed by atoms with Crippen molar-refractivity contribution < 1.29 is 9.59 Å². The Balaban J connectivity index is 1.79. The van der Waals surface area contributed by atoms with Crippen LogP contribution in [0, 0.1) is 6.92 Å². The highest BCUT2D eigenvalue weighted by molar-refractivity contribution is 6.03. The number of benzene rings is 1. The quantitative estimate of drug-likeness (QED) is 0.757. The summed E-state index contributed by atoms with van der Waals surface area (Å²) in [5.41, 5.74) is 2.54. The number of amides is 2. The first-order chi connectivity index (χ1) is 13.2. The molecule has 2 unspecified atom stereocenters. The minimum atomic E-state index is -0.488. The molecule has 1 aromatic heterocycles. The predicted octanol–water partition coefficient (Wildman–Crippen LogP) is 3.09. The number of aromatic nitrogens is 2. The van der Waals surface area contributed by atoms with E-state index in [-0.39, 0.29) is 23.3 Å². The van der Waals surface area contributed by atoms with E-state index >= 15 is 0 Å². The van der Waals surface area contributed by atoms with Gasteiger partial charge in [0.25, 0.3) is 5.91 Å². The fraction of sp³-hybridized carbons (Fsp3) is 0.476. The second-order valence-electron chi connectivity index (χ2n) is 8.34. The van der Waals surface area contributed by atoms with Gasteiger partial charge in [-0.1, -0.05) is 39.8 Å². The molecule has 2 atom stereocenters. The topological polar surface area (TPSA) is 88.1 Å². The van der Waals surface area contributed by atoms with Crippen LogP contribution in [0.4, 0.5) is 5.82 Å². The third kappa shape index (κ3) is 4.42. The highest BCUT2D eigenvalue weighted by Crippen LogP contribution is 2.23. The van der Waals surface area contributed by atoms with Gasteiger partial charge in [-0.25, -0.2) is 4.68 Å². The summed E-state index contributed by atoms with van der Waals surface area (Å²) in [5, 5.41) is 13.6. The van der Waals surface area contributed by atoms with Crippen molar-refractivity contribution in [1.29, 1.82) is 0 Å². The summed E-state index contributed by atoms with van der Waals surface area (Å²) < 4.78 is 1.62. The van der Waals surface area contributed by atoms with Gasteiger partial charge in [-0.3, -0.25) is 14.9 Å². The second-order valence-corrected chi connectivity index (χ2v) is 8.34. The van der Waals surface area contributed by atoms with E-state index in [4.69, 9.17) is 0 Å². The predicted molar refractivity (Wildman–Crippen MR) is 109 cm³/mol. The first-order valence-corrected chi connectivity index (χ1v) is 9.71. The van der Waals surface area contributed by atoms with Crippen molar-refractivity contribution in [3.63, 3.8) is 0 Å².